The van der Waals surface area contributed by atoms with E-state index in [4.69, 9.17) is 14.2 Å². The molecule has 2 aliphatic rings. The molecule has 200 valence electrons. The maximum absolute atomic E-state index is 13.0. The number of hydrogen-bond acceptors (Lipinski definition) is 6. The molecule has 0 aromatic carbocycles. The fourth-order valence-electron chi connectivity index (χ4n) is 3.90. The second kappa shape index (κ2) is 14.6. The predicted molar refractivity (Wildman–Crippen MR) is 138 cm³/mol. The molecule has 1 aliphatic heterocycles. The molecule has 4 atom stereocenters. The van der Waals surface area contributed by atoms with E-state index in [0.29, 0.717) is 32.1 Å². The molecular formula is C27H56O6. The quantitative estimate of drug-likeness (QED) is 0.294. The number of rotatable bonds is 6. The molecule has 0 spiro atoms. The molecular weight excluding hydrogens is 420 g/mol. The summed E-state index contributed by atoms with van der Waals surface area (Å²) in [5, 5.41) is 0. The van der Waals surface area contributed by atoms with Crippen LogP contribution in [0, 0.1) is 16.7 Å². The van der Waals surface area contributed by atoms with Gasteiger partial charge in [0.05, 0.1) is 16.7 Å². The van der Waals surface area contributed by atoms with Crippen molar-refractivity contribution in [3.8, 4) is 0 Å². The molecule has 2 bridgehead atoms. The van der Waals surface area contributed by atoms with Crippen molar-refractivity contribution in [2.45, 2.75) is 142 Å². The molecule has 1 saturated heterocycles. The molecule has 6 nitrogen and oxygen atoms in total. The van der Waals surface area contributed by atoms with Crippen LogP contribution in [0.1, 0.15) is 124 Å². The van der Waals surface area contributed by atoms with Crippen molar-refractivity contribution in [2.24, 2.45) is 16.7 Å². The van der Waals surface area contributed by atoms with Gasteiger partial charge in [-0.15, -0.1) is 0 Å². The summed E-state index contributed by atoms with van der Waals surface area (Å²) < 4.78 is 16.7. The van der Waals surface area contributed by atoms with Gasteiger partial charge in [0.15, 0.2) is 0 Å². The topological polar surface area (TPSA) is 78.9 Å². The van der Waals surface area contributed by atoms with Gasteiger partial charge in [0, 0.05) is 6.42 Å². The fourth-order valence-corrected chi connectivity index (χ4v) is 3.90. The Labute approximate surface area is 205 Å². The summed E-state index contributed by atoms with van der Waals surface area (Å²) in [4.78, 5) is 37.3. The first-order valence-corrected chi connectivity index (χ1v) is 10.9. The summed E-state index contributed by atoms with van der Waals surface area (Å²) in [5.41, 5.74) is -2.23. The third-order valence-electron chi connectivity index (χ3n) is 5.65. The molecule has 4 unspecified atom stereocenters. The first-order valence-electron chi connectivity index (χ1n) is 10.9. The van der Waals surface area contributed by atoms with E-state index in [9.17, 15) is 14.4 Å². The van der Waals surface area contributed by atoms with E-state index in [1.54, 1.807) is 13.8 Å². The van der Waals surface area contributed by atoms with Crippen molar-refractivity contribution in [3.63, 3.8) is 0 Å². The Morgan fingerprint density at radius 1 is 0.939 bits per heavy atom. The molecule has 0 radical (unpaired) electrons. The van der Waals surface area contributed by atoms with Crippen molar-refractivity contribution in [1.29, 1.82) is 0 Å². The second-order valence-electron chi connectivity index (χ2n) is 9.91. The third-order valence-corrected chi connectivity index (χ3v) is 5.65. The lowest BCUT2D eigenvalue weighted by Gasteiger charge is -2.37. The summed E-state index contributed by atoms with van der Waals surface area (Å²) in [7, 11) is 0. The molecule has 0 aromatic rings. The maximum atomic E-state index is 13.0. The Morgan fingerprint density at radius 3 is 1.91 bits per heavy atom. The van der Waals surface area contributed by atoms with E-state index in [-0.39, 0.29) is 59.6 Å². The van der Waals surface area contributed by atoms with E-state index in [0.717, 1.165) is 0 Å². The minimum atomic E-state index is -0.825. The smallest absolute Gasteiger partial charge is 0.312 e. The molecule has 0 amide bonds. The Bertz CT molecular complexity index is 604. The molecule has 2 rings (SSSR count). The summed E-state index contributed by atoms with van der Waals surface area (Å²) >= 11 is 0. The number of carbonyl (C=O) groups is 3. The number of fused-ring (bicyclic) bond motifs is 2. The minimum absolute atomic E-state index is 0. The largest absolute Gasteiger partial charge is 0.460 e. The van der Waals surface area contributed by atoms with Gasteiger partial charge in [0.2, 0.25) is 0 Å². The molecule has 33 heavy (non-hydrogen) atoms. The lowest BCUT2D eigenvalue weighted by Crippen LogP contribution is -2.43. The van der Waals surface area contributed by atoms with E-state index < -0.39 is 22.5 Å². The minimum Gasteiger partial charge on any atom is -0.460 e. The maximum Gasteiger partial charge on any atom is 0.312 e. The van der Waals surface area contributed by atoms with Crippen LogP contribution in [-0.4, -0.2) is 35.7 Å². The highest BCUT2D eigenvalue weighted by molar-refractivity contribution is 5.81. The second-order valence-corrected chi connectivity index (χ2v) is 9.91. The van der Waals surface area contributed by atoms with Gasteiger partial charge in [-0.2, -0.15) is 0 Å². The molecule has 1 aliphatic carbocycles. The zero-order chi connectivity index (χ0) is 22.6. The van der Waals surface area contributed by atoms with Crippen molar-refractivity contribution in [1.82, 2.24) is 0 Å². The number of hydrogen-bond donors (Lipinski definition) is 0. The monoisotopic (exact) mass is 476 g/mol. The Kier molecular flexibility index (Phi) is 17.1. The van der Waals surface area contributed by atoms with Gasteiger partial charge in [-0.3, -0.25) is 14.4 Å². The van der Waals surface area contributed by atoms with Crippen LogP contribution in [0.25, 0.3) is 0 Å². The van der Waals surface area contributed by atoms with Gasteiger partial charge >= 0.3 is 17.9 Å². The van der Waals surface area contributed by atoms with Crippen molar-refractivity contribution in [2.75, 3.05) is 0 Å². The highest BCUT2D eigenvalue weighted by Crippen LogP contribution is 2.41. The zero-order valence-electron chi connectivity index (χ0n) is 19.7. The molecule has 1 saturated carbocycles. The SMILES string of the molecule is C.C.C.C.CC.CCC(C)(CC(C)(C)C(=O)OC(C)(C)C)C(=O)OC1CCC2CC1OC2=O. The van der Waals surface area contributed by atoms with E-state index in [1.165, 1.54) is 0 Å². The first-order chi connectivity index (χ1) is 13.3. The Morgan fingerprint density at radius 2 is 1.45 bits per heavy atom. The van der Waals surface area contributed by atoms with E-state index in [1.807, 2.05) is 48.5 Å². The number of ether oxygens (including phenoxy) is 3. The normalized spacial score (nSPS) is 22.7. The van der Waals surface area contributed by atoms with Crippen molar-refractivity contribution in [3.05, 3.63) is 0 Å². The van der Waals surface area contributed by atoms with Gasteiger partial charge in [-0.25, -0.2) is 0 Å². The van der Waals surface area contributed by atoms with Crippen molar-refractivity contribution >= 4 is 17.9 Å². The van der Waals surface area contributed by atoms with Gasteiger partial charge in [-0.1, -0.05) is 50.5 Å². The predicted octanol–water partition coefficient (Wildman–Crippen LogP) is 7.37. The number of carbonyl (C=O) groups excluding carboxylic acids is 3. The lowest BCUT2D eigenvalue weighted by atomic mass is 9.72. The van der Waals surface area contributed by atoms with Crippen LogP contribution in [0.5, 0.6) is 0 Å². The van der Waals surface area contributed by atoms with Crippen LogP contribution in [0.2, 0.25) is 0 Å². The summed E-state index contributed by atoms with van der Waals surface area (Å²) in [5.74, 6) is -0.891. The molecule has 2 fully saturated rings. The summed E-state index contributed by atoms with van der Waals surface area (Å²) in [6.45, 7) is 16.8. The fraction of sp³-hybridized carbons (Fsp3) is 0.889. The number of esters is 3. The highest BCUT2D eigenvalue weighted by Gasteiger charge is 2.48. The standard InChI is InChI=1S/C21H34O6.C2H6.4CH4/c1-8-21(7,12-20(5,6)17(23)27-19(2,3)4)18(24)26-14-10-9-13-11-15(14)25-16(13)22;1-2;;;;/h13-15H,8-12H2,1-7H3;1-2H3;4*1H4. The van der Waals surface area contributed by atoms with Crippen LogP contribution in [0.15, 0.2) is 0 Å². The Hall–Kier alpha value is -1.59. The van der Waals surface area contributed by atoms with Crippen LogP contribution < -0.4 is 0 Å². The lowest BCUT2D eigenvalue weighted by molar-refractivity contribution is -0.176. The average Bonchev–Trinajstić information content (AvgIpc) is 2.92. The molecule has 6 heteroatoms. The van der Waals surface area contributed by atoms with Gasteiger partial charge < -0.3 is 14.2 Å². The summed E-state index contributed by atoms with van der Waals surface area (Å²) in [6, 6.07) is 0. The molecule has 0 N–H and O–H groups in total. The van der Waals surface area contributed by atoms with Crippen LogP contribution in [-0.2, 0) is 28.6 Å². The van der Waals surface area contributed by atoms with Gasteiger partial charge in [0.25, 0.3) is 0 Å². The van der Waals surface area contributed by atoms with Crippen LogP contribution >= 0.6 is 0 Å². The van der Waals surface area contributed by atoms with Crippen LogP contribution in [0.4, 0.5) is 0 Å². The molecule has 0 aromatic heterocycles. The van der Waals surface area contributed by atoms with E-state index >= 15 is 0 Å². The highest BCUT2D eigenvalue weighted by atomic mass is 16.6. The zero-order valence-corrected chi connectivity index (χ0v) is 19.7. The van der Waals surface area contributed by atoms with Gasteiger partial charge in [-0.05, 0) is 67.2 Å². The van der Waals surface area contributed by atoms with E-state index in [2.05, 4.69) is 0 Å². The molecule has 1 heterocycles. The first kappa shape index (κ1) is 38.7. The van der Waals surface area contributed by atoms with Crippen LogP contribution in [0.3, 0.4) is 0 Å². The van der Waals surface area contributed by atoms with Crippen molar-refractivity contribution < 1.29 is 28.6 Å². The third kappa shape index (κ3) is 10.1. The average molecular weight is 477 g/mol. The Balaban J connectivity index is -0.000000681. The van der Waals surface area contributed by atoms with Gasteiger partial charge in [0.1, 0.15) is 17.8 Å². The summed E-state index contributed by atoms with van der Waals surface area (Å²) in [6.07, 6.45) is 2.10.